The highest BCUT2D eigenvalue weighted by molar-refractivity contribution is 7.91. The Morgan fingerprint density at radius 1 is 1.30 bits per heavy atom. The largest absolute Gasteiger partial charge is 0.478 e. The number of hydrogen-bond acceptors (Lipinski definition) is 3. The molecule has 4 nitrogen and oxygen atoms in total. The van der Waals surface area contributed by atoms with Crippen molar-refractivity contribution in [2.75, 3.05) is 0 Å². The van der Waals surface area contributed by atoms with Gasteiger partial charge >= 0.3 is 12.1 Å². The van der Waals surface area contributed by atoms with Crippen molar-refractivity contribution in [1.82, 2.24) is 0 Å². The van der Waals surface area contributed by atoms with E-state index in [-0.39, 0.29) is 5.56 Å². The predicted octanol–water partition coefficient (Wildman–Crippen LogP) is 2.73. The molecular formula is C12H13F3O4S. The average molecular weight is 310 g/mol. The van der Waals surface area contributed by atoms with Crippen LogP contribution < -0.4 is 0 Å². The number of halogens is 3. The molecule has 0 saturated carbocycles. The smallest absolute Gasteiger partial charge is 0.416 e. The first-order valence-electron chi connectivity index (χ1n) is 5.60. The lowest BCUT2D eigenvalue weighted by atomic mass is 10.0. The highest BCUT2D eigenvalue weighted by atomic mass is 32.2. The van der Waals surface area contributed by atoms with Crippen LogP contribution in [0.4, 0.5) is 13.2 Å². The van der Waals surface area contributed by atoms with Crippen LogP contribution in [-0.4, -0.2) is 24.7 Å². The Morgan fingerprint density at radius 2 is 1.85 bits per heavy atom. The van der Waals surface area contributed by atoms with E-state index in [1.807, 2.05) is 0 Å². The van der Waals surface area contributed by atoms with Crippen LogP contribution in [0.5, 0.6) is 0 Å². The second-order valence-electron chi connectivity index (χ2n) is 4.53. The lowest BCUT2D eigenvalue weighted by Gasteiger charge is -2.13. The molecule has 0 amide bonds. The van der Waals surface area contributed by atoms with Crippen LogP contribution in [0, 0.1) is 0 Å². The minimum Gasteiger partial charge on any atom is -0.478 e. The Labute approximate surface area is 114 Å². The monoisotopic (exact) mass is 310 g/mol. The van der Waals surface area contributed by atoms with Crippen molar-refractivity contribution < 1.29 is 31.5 Å². The fraction of sp³-hybridized carbons (Fsp3) is 0.417. The summed E-state index contributed by atoms with van der Waals surface area (Å²) in [6.07, 6.45) is -4.68. The Bertz CT molecular complexity index is 618. The van der Waals surface area contributed by atoms with E-state index in [0.29, 0.717) is 12.1 Å². The van der Waals surface area contributed by atoms with Gasteiger partial charge in [-0.2, -0.15) is 13.2 Å². The fourth-order valence-electron chi connectivity index (χ4n) is 1.46. The van der Waals surface area contributed by atoms with Gasteiger partial charge in [0.05, 0.1) is 22.1 Å². The van der Waals surface area contributed by atoms with E-state index < -0.39 is 44.1 Å². The molecule has 20 heavy (non-hydrogen) atoms. The maximum atomic E-state index is 12.5. The average Bonchev–Trinajstić information content (AvgIpc) is 2.26. The molecule has 0 bridgehead atoms. The standard InChI is InChI=1S/C12H13F3O4S/c1-7(2)20(18,19)6-8-3-4-9(12(13,14)15)5-10(8)11(16)17/h3-5,7H,6H2,1-2H3,(H,16,17). The highest BCUT2D eigenvalue weighted by Crippen LogP contribution is 2.31. The molecule has 1 aromatic carbocycles. The van der Waals surface area contributed by atoms with Gasteiger partial charge < -0.3 is 5.11 Å². The van der Waals surface area contributed by atoms with Crippen LogP contribution in [-0.2, 0) is 21.8 Å². The van der Waals surface area contributed by atoms with Crippen molar-refractivity contribution in [3.05, 3.63) is 34.9 Å². The van der Waals surface area contributed by atoms with Crippen molar-refractivity contribution in [1.29, 1.82) is 0 Å². The van der Waals surface area contributed by atoms with E-state index >= 15 is 0 Å². The molecule has 0 aliphatic rings. The second kappa shape index (κ2) is 5.43. The minimum absolute atomic E-state index is 0.154. The third-order valence-electron chi connectivity index (χ3n) is 2.74. The topological polar surface area (TPSA) is 71.4 Å². The molecule has 0 atom stereocenters. The van der Waals surface area contributed by atoms with E-state index in [2.05, 4.69) is 0 Å². The van der Waals surface area contributed by atoms with Crippen molar-refractivity contribution in [3.8, 4) is 0 Å². The summed E-state index contributed by atoms with van der Waals surface area (Å²) >= 11 is 0. The molecular weight excluding hydrogens is 297 g/mol. The quantitative estimate of drug-likeness (QED) is 0.928. The van der Waals surface area contributed by atoms with Gasteiger partial charge in [-0.05, 0) is 31.5 Å². The number of carboxylic acid groups (broad SMARTS) is 1. The van der Waals surface area contributed by atoms with E-state index in [4.69, 9.17) is 5.11 Å². The van der Waals surface area contributed by atoms with Crippen molar-refractivity contribution in [2.24, 2.45) is 0 Å². The summed E-state index contributed by atoms with van der Waals surface area (Å²) in [7, 11) is -3.60. The van der Waals surface area contributed by atoms with Gasteiger partial charge in [0.15, 0.2) is 9.84 Å². The number of rotatable bonds is 4. The fourth-order valence-corrected chi connectivity index (χ4v) is 2.48. The van der Waals surface area contributed by atoms with E-state index in [1.165, 1.54) is 13.8 Å². The van der Waals surface area contributed by atoms with Crippen LogP contribution in [0.1, 0.15) is 35.3 Å². The Hall–Kier alpha value is -1.57. The molecule has 0 heterocycles. The number of carboxylic acids is 1. The van der Waals surface area contributed by atoms with Crippen LogP contribution in [0.25, 0.3) is 0 Å². The van der Waals surface area contributed by atoms with Crippen molar-refractivity contribution in [2.45, 2.75) is 31.0 Å². The summed E-state index contributed by atoms with van der Waals surface area (Å²) in [5.41, 5.74) is -1.93. The zero-order valence-corrected chi connectivity index (χ0v) is 11.5. The summed E-state index contributed by atoms with van der Waals surface area (Å²) in [6.45, 7) is 2.83. The minimum atomic E-state index is -4.68. The Morgan fingerprint density at radius 3 is 2.25 bits per heavy atom. The molecule has 1 aromatic rings. The molecule has 0 fully saturated rings. The van der Waals surface area contributed by atoms with Crippen molar-refractivity contribution >= 4 is 15.8 Å². The highest BCUT2D eigenvalue weighted by Gasteiger charge is 2.32. The van der Waals surface area contributed by atoms with Crippen LogP contribution in [0.2, 0.25) is 0 Å². The number of carbonyl (C=O) groups is 1. The van der Waals surface area contributed by atoms with E-state index in [1.54, 1.807) is 0 Å². The maximum absolute atomic E-state index is 12.5. The molecule has 0 aliphatic heterocycles. The van der Waals surface area contributed by atoms with E-state index in [0.717, 1.165) is 6.07 Å². The van der Waals surface area contributed by atoms with Gasteiger partial charge in [-0.1, -0.05) is 6.07 Å². The summed E-state index contributed by atoms with van der Waals surface area (Å²) in [6, 6.07) is 2.03. The molecule has 0 spiro atoms. The number of aromatic carboxylic acids is 1. The summed E-state index contributed by atoms with van der Waals surface area (Å²) in [5.74, 6) is -2.20. The normalized spacial score (nSPS) is 12.7. The Kier molecular flexibility index (Phi) is 4.48. The van der Waals surface area contributed by atoms with Gasteiger partial charge in [0.2, 0.25) is 0 Å². The molecule has 112 valence electrons. The molecule has 0 aromatic heterocycles. The summed E-state index contributed by atoms with van der Waals surface area (Å²) in [4.78, 5) is 11.0. The van der Waals surface area contributed by atoms with Gasteiger partial charge in [-0.3, -0.25) is 0 Å². The third kappa shape index (κ3) is 3.72. The van der Waals surface area contributed by atoms with E-state index in [9.17, 15) is 26.4 Å². The lowest BCUT2D eigenvalue weighted by Crippen LogP contribution is -2.18. The molecule has 0 unspecified atom stereocenters. The van der Waals surface area contributed by atoms with Gasteiger partial charge in [0.1, 0.15) is 0 Å². The van der Waals surface area contributed by atoms with Gasteiger partial charge in [-0.25, -0.2) is 13.2 Å². The van der Waals surface area contributed by atoms with Crippen molar-refractivity contribution in [3.63, 3.8) is 0 Å². The summed E-state index contributed by atoms with van der Waals surface area (Å²) in [5, 5.41) is 8.19. The number of sulfone groups is 1. The second-order valence-corrected chi connectivity index (χ2v) is 7.09. The zero-order chi connectivity index (χ0) is 15.7. The molecule has 0 saturated heterocycles. The molecule has 0 radical (unpaired) electrons. The first kappa shape index (κ1) is 16.5. The van der Waals surface area contributed by atoms with Gasteiger partial charge in [0, 0.05) is 0 Å². The predicted molar refractivity (Wildman–Crippen MR) is 66.2 cm³/mol. The van der Waals surface area contributed by atoms with Gasteiger partial charge in [0.25, 0.3) is 0 Å². The third-order valence-corrected chi connectivity index (χ3v) is 4.89. The SMILES string of the molecule is CC(C)S(=O)(=O)Cc1ccc(C(F)(F)F)cc1C(=O)O. The summed E-state index contributed by atoms with van der Waals surface area (Å²) < 4.78 is 61.0. The lowest BCUT2D eigenvalue weighted by molar-refractivity contribution is -0.137. The van der Waals surface area contributed by atoms with Crippen LogP contribution in [0.15, 0.2) is 18.2 Å². The number of hydrogen-bond donors (Lipinski definition) is 1. The number of alkyl halides is 3. The molecule has 8 heteroatoms. The molecule has 0 aliphatic carbocycles. The maximum Gasteiger partial charge on any atom is 0.416 e. The zero-order valence-electron chi connectivity index (χ0n) is 10.7. The van der Waals surface area contributed by atoms with Gasteiger partial charge in [-0.15, -0.1) is 0 Å². The Balaban J connectivity index is 3.32. The van der Waals surface area contributed by atoms with Crippen LogP contribution in [0.3, 0.4) is 0 Å². The van der Waals surface area contributed by atoms with Crippen LogP contribution >= 0.6 is 0 Å². The molecule has 1 rings (SSSR count). The first-order valence-corrected chi connectivity index (χ1v) is 7.31. The molecule has 1 N–H and O–H groups in total. The number of benzene rings is 1. The first-order chi connectivity index (χ1) is 8.95.